The summed E-state index contributed by atoms with van der Waals surface area (Å²) in [5, 5.41) is 12.3. The molecule has 3 rings (SSSR count). The van der Waals surface area contributed by atoms with Crippen molar-refractivity contribution in [1.29, 1.82) is 0 Å². The Balaban J connectivity index is 1.69. The van der Waals surface area contributed by atoms with Crippen LogP contribution in [-0.2, 0) is 11.2 Å². The first kappa shape index (κ1) is 15.0. The molecule has 7 heteroatoms. The second kappa shape index (κ2) is 6.48. The quantitative estimate of drug-likeness (QED) is 0.810. The molecular weight excluding hydrogens is 298 g/mol. The van der Waals surface area contributed by atoms with Crippen molar-refractivity contribution in [3.05, 3.63) is 29.8 Å². The van der Waals surface area contributed by atoms with E-state index >= 15 is 0 Å². The molecule has 0 bridgehead atoms. The maximum absolute atomic E-state index is 12.6. The molecular formula is C15H19N5OS. The van der Waals surface area contributed by atoms with Gasteiger partial charge in [-0.25, -0.2) is 4.68 Å². The van der Waals surface area contributed by atoms with E-state index in [4.69, 9.17) is 0 Å². The highest BCUT2D eigenvalue weighted by atomic mass is 32.2. The van der Waals surface area contributed by atoms with E-state index in [2.05, 4.69) is 21.6 Å². The van der Waals surface area contributed by atoms with Crippen molar-refractivity contribution < 1.29 is 4.79 Å². The number of tetrazole rings is 1. The molecule has 0 saturated carbocycles. The van der Waals surface area contributed by atoms with Crippen LogP contribution in [0, 0.1) is 0 Å². The molecule has 0 atom stereocenters. The minimum Gasteiger partial charge on any atom is -0.311 e. The summed E-state index contributed by atoms with van der Waals surface area (Å²) in [4.78, 5) is 14.4. The number of hydrogen-bond acceptors (Lipinski definition) is 5. The number of fused-ring (bicyclic) bond motifs is 1. The van der Waals surface area contributed by atoms with Crippen LogP contribution in [0.25, 0.3) is 0 Å². The monoisotopic (exact) mass is 317 g/mol. The first-order chi connectivity index (χ1) is 10.7. The number of hydrogen-bond donors (Lipinski definition) is 0. The fourth-order valence-corrected chi connectivity index (χ4v) is 3.48. The molecule has 0 saturated heterocycles. The van der Waals surface area contributed by atoms with Gasteiger partial charge in [0, 0.05) is 12.2 Å². The fourth-order valence-electron chi connectivity index (χ4n) is 2.60. The third kappa shape index (κ3) is 2.99. The van der Waals surface area contributed by atoms with Crippen LogP contribution in [0.1, 0.15) is 31.9 Å². The third-order valence-electron chi connectivity index (χ3n) is 3.69. The largest absolute Gasteiger partial charge is 0.311 e. The average molecular weight is 317 g/mol. The van der Waals surface area contributed by atoms with E-state index in [1.165, 1.54) is 17.3 Å². The van der Waals surface area contributed by atoms with E-state index in [9.17, 15) is 4.79 Å². The lowest BCUT2D eigenvalue weighted by Gasteiger charge is -2.29. The summed E-state index contributed by atoms with van der Waals surface area (Å²) in [5.74, 6) is 0.456. The van der Waals surface area contributed by atoms with Crippen LogP contribution in [0.5, 0.6) is 0 Å². The van der Waals surface area contributed by atoms with Crippen LogP contribution >= 0.6 is 11.8 Å². The topological polar surface area (TPSA) is 63.9 Å². The maximum atomic E-state index is 12.6. The number of anilines is 1. The summed E-state index contributed by atoms with van der Waals surface area (Å²) in [5.41, 5.74) is 2.29. The molecule has 116 valence electrons. The summed E-state index contributed by atoms with van der Waals surface area (Å²) in [7, 11) is 0. The maximum Gasteiger partial charge on any atom is 0.237 e. The van der Waals surface area contributed by atoms with Crippen molar-refractivity contribution in [2.24, 2.45) is 0 Å². The van der Waals surface area contributed by atoms with Crippen molar-refractivity contribution in [3.63, 3.8) is 0 Å². The number of carbonyl (C=O) groups is 1. The average Bonchev–Trinajstić information content (AvgIpc) is 3.01. The molecule has 1 aliphatic heterocycles. The lowest BCUT2D eigenvalue weighted by atomic mass is 10.0. The molecule has 2 heterocycles. The van der Waals surface area contributed by atoms with Crippen LogP contribution < -0.4 is 4.90 Å². The number of nitrogens with zero attached hydrogens (tertiary/aromatic N) is 5. The Morgan fingerprint density at radius 2 is 2.18 bits per heavy atom. The first-order valence-corrected chi connectivity index (χ1v) is 8.44. The standard InChI is InChI=1S/C15H19N5OS/c1-11(2)20-15(16-17-18-20)22-10-14(21)19-9-5-7-12-6-3-4-8-13(12)19/h3-4,6,8,11H,5,7,9-10H2,1-2H3. The predicted octanol–water partition coefficient (Wildman–Crippen LogP) is 2.33. The highest BCUT2D eigenvalue weighted by Gasteiger charge is 2.23. The summed E-state index contributed by atoms with van der Waals surface area (Å²) in [6.07, 6.45) is 2.05. The molecule has 0 unspecified atom stereocenters. The van der Waals surface area contributed by atoms with E-state index in [0.29, 0.717) is 10.9 Å². The van der Waals surface area contributed by atoms with Crippen molar-refractivity contribution in [2.45, 2.75) is 37.9 Å². The number of aryl methyl sites for hydroxylation is 1. The zero-order valence-corrected chi connectivity index (χ0v) is 13.6. The Morgan fingerprint density at radius 1 is 1.36 bits per heavy atom. The molecule has 1 aromatic carbocycles. The highest BCUT2D eigenvalue weighted by molar-refractivity contribution is 7.99. The molecule has 2 aromatic rings. The van der Waals surface area contributed by atoms with Gasteiger partial charge in [0.25, 0.3) is 0 Å². The minimum atomic E-state index is 0.107. The van der Waals surface area contributed by atoms with Crippen LogP contribution in [-0.4, -0.2) is 38.4 Å². The van der Waals surface area contributed by atoms with Gasteiger partial charge in [0.15, 0.2) is 0 Å². The normalized spacial score (nSPS) is 14.2. The third-order valence-corrected chi connectivity index (χ3v) is 4.61. The molecule has 0 aliphatic carbocycles. The van der Waals surface area contributed by atoms with Crippen molar-refractivity contribution >= 4 is 23.4 Å². The molecule has 6 nitrogen and oxygen atoms in total. The van der Waals surface area contributed by atoms with E-state index < -0.39 is 0 Å². The van der Waals surface area contributed by atoms with Gasteiger partial charge in [0.1, 0.15) is 0 Å². The summed E-state index contributed by atoms with van der Waals surface area (Å²) in [6, 6.07) is 8.31. The molecule has 1 aliphatic rings. The Kier molecular flexibility index (Phi) is 4.42. The van der Waals surface area contributed by atoms with E-state index in [0.717, 1.165) is 25.1 Å². The summed E-state index contributed by atoms with van der Waals surface area (Å²) >= 11 is 1.39. The zero-order valence-electron chi connectivity index (χ0n) is 12.8. The van der Waals surface area contributed by atoms with E-state index in [1.807, 2.05) is 36.9 Å². The zero-order chi connectivity index (χ0) is 15.5. The Bertz CT molecular complexity index is 669. The van der Waals surface area contributed by atoms with Gasteiger partial charge < -0.3 is 4.90 Å². The lowest BCUT2D eigenvalue weighted by Crippen LogP contribution is -2.36. The smallest absolute Gasteiger partial charge is 0.237 e. The van der Waals surface area contributed by atoms with Gasteiger partial charge in [-0.05, 0) is 48.7 Å². The fraction of sp³-hybridized carbons (Fsp3) is 0.467. The van der Waals surface area contributed by atoms with Crippen LogP contribution in [0.15, 0.2) is 29.4 Å². The predicted molar refractivity (Wildman–Crippen MR) is 86.0 cm³/mol. The highest BCUT2D eigenvalue weighted by Crippen LogP contribution is 2.28. The number of carbonyl (C=O) groups excluding carboxylic acids is 1. The van der Waals surface area contributed by atoms with Gasteiger partial charge in [-0.2, -0.15) is 0 Å². The Labute approximate surface area is 133 Å². The second-order valence-corrected chi connectivity index (χ2v) is 6.51. The molecule has 1 amide bonds. The molecule has 0 radical (unpaired) electrons. The van der Waals surface area contributed by atoms with E-state index in [-0.39, 0.29) is 11.9 Å². The second-order valence-electron chi connectivity index (χ2n) is 5.57. The summed E-state index contributed by atoms with van der Waals surface area (Å²) in [6.45, 7) is 4.82. The van der Waals surface area contributed by atoms with Gasteiger partial charge in [0.2, 0.25) is 11.1 Å². The molecule has 22 heavy (non-hydrogen) atoms. The lowest BCUT2D eigenvalue weighted by molar-refractivity contribution is -0.116. The van der Waals surface area contributed by atoms with E-state index in [1.54, 1.807) is 4.68 Å². The van der Waals surface area contributed by atoms with Crippen molar-refractivity contribution in [1.82, 2.24) is 20.2 Å². The Morgan fingerprint density at radius 3 is 3.00 bits per heavy atom. The van der Waals surface area contributed by atoms with Crippen LogP contribution in [0.4, 0.5) is 5.69 Å². The molecule has 0 N–H and O–H groups in total. The SMILES string of the molecule is CC(C)n1nnnc1SCC(=O)N1CCCc2ccccc21. The number of benzene rings is 1. The number of aromatic nitrogens is 4. The van der Waals surface area contributed by atoms with Gasteiger partial charge in [0.05, 0.1) is 11.8 Å². The number of rotatable bonds is 4. The van der Waals surface area contributed by atoms with Crippen molar-refractivity contribution in [3.8, 4) is 0 Å². The minimum absolute atomic E-state index is 0.107. The number of amides is 1. The molecule has 0 spiro atoms. The van der Waals surface area contributed by atoms with Gasteiger partial charge in [-0.1, -0.05) is 30.0 Å². The number of thioether (sulfide) groups is 1. The number of para-hydroxylation sites is 1. The molecule has 1 aromatic heterocycles. The van der Waals surface area contributed by atoms with Gasteiger partial charge >= 0.3 is 0 Å². The van der Waals surface area contributed by atoms with Crippen LogP contribution in [0.3, 0.4) is 0 Å². The van der Waals surface area contributed by atoms with Gasteiger partial charge in [-0.15, -0.1) is 5.10 Å². The van der Waals surface area contributed by atoms with Crippen molar-refractivity contribution in [2.75, 3.05) is 17.2 Å². The first-order valence-electron chi connectivity index (χ1n) is 7.45. The summed E-state index contributed by atoms with van der Waals surface area (Å²) < 4.78 is 1.74. The molecule has 0 fully saturated rings. The Hall–Kier alpha value is -1.89. The van der Waals surface area contributed by atoms with Gasteiger partial charge in [-0.3, -0.25) is 4.79 Å². The van der Waals surface area contributed by atoms with Crippen LogP contribution in [0.2, 0.25) is 0 Å².